The molecule has 160 valence electrons. The van der Waals surface area contributed by atoms with Gasteiger partial charge in [0, 0.05) is 24.5 Å². The van der Waals surface area contributed by atoms with Crippen LogP contribution in [0.5, 0.6) is 5.75 Å². The summed E-state index contributed by atoms with van der Waals surface area (Å²) in [5.41, 5.74) is 2.16. The third kappa shape index (κ3) is 6.34. The third-order valence-electron chi connectivity index (χ3n) is 4.95. The lowest BCUT2D eigenvalue weighted by Crippen LogP contribution is -2.29. The van der Waals surface area contributed by atoms with Gasteiger partial charge in [0.15, 0.2) is 6.61 Å². The van der Waals surface area contributed by atoms with Crippen molar-refractivity contribution < 1.29 is 19.1 Å². The predicted octanol–water partition coefficient (Wildman–Crippen LogP) is 3.77. The number of amides is 1. The van der Waals surface area contributed by atoms with E-state index in [-0.39, 0.29) is 5.57 Å². The third-order valence-corrected chi connectivity index (χ3v) is 4.95. The molecule has 1 N–H and O–H groups in total. The fraction of sp³-hybridized carbons (Fsp3) is 0.292. The number of esters is 1. The van der Waals surface area contributed by atoms with E-state index in [1.165, 1.54) is 32.4 Å². The summed E-state index contributed by atoms with van der Waals surface area (Å²) in [5, 5.41) is 12.0. The van der Waals surface area contributed by atoms with Crippen LogP contribution in [0.3, 0.4) is 0 Å². The van der Waals surface area contributed by atoms with Crippen LogP contribution < -0.4 is 15.0 Å². The van der Waals surface area contributed by atoms with Crippen LogP contribution in [0.25, 0.3) is 6.08 Å². The van der Waals surface area contributed by atoms with Gasteiger partial charge in [-0.2, -0.15) is 5.26 Å². The number of ether oxygens (including phenoxy) is 2. The highest BCUT2D eigenvalue weighted by molar-refractivity contribution is 6.00. The molecule has 1 amide bonds. The van der Waals surface area contributed by atoms with Gasteiger partial charge in [-0.1, -0.05) is 12.1 Å². The normalized spacial score (nSPS) is 13.8. The van der Waals surface area contributed by atoms with Crippen LogP contribution in [0, 0.1) is 11.3 Å². The lowest BCUT2D eigenvalue weighted by atomic mass is 10.1. The molecule has 0 radical (unpaired) electrons. The van der Waals surface area contributed by atoms with E-state index in [0.717, 1.165) is 18.8 Å². The lowest BCUT2D eigenvalue weighted by molar-refractivity contribution is -0.142. The molecule has 2 aromatic carbocycles. The van der Waals surface area contributed by atoms with Crippen molar-refractivity contribution >= 4 is 29.3 Å². The molecule has 31 heavy (non-hydrogen) atoms. The number of benzene rings is 2. The number of piperidine rings is 1. The summed E-state index contributed by atoms with van der Waals surface area (Å²) in [5.74, 6) is -0.733. The number of carbonyl (C=O) groups excluding carboxylic acids is 2. The van der Waals surface area contributed by atoms with E-state index in [0.29, 0.717) is 17.0 Å². The van der Waals surface area contributed by atoms with Crippen LogP contribution in [0.15, 0.2) is 54.1 Å². The maximum absolute atomic E-state index is 12.2. The van der Waals surface area contributed by atoms with Crippen LogP contribution >= 0.6 is 0 Å². The average molecular weight is 419 g/mol. The van der Waals surface area contributed by atoms with E-state index in [4.69, 9.17) is 9.47 Å². The number of methoxy groups -OCH3 is 1. The molecule has 7 nitrogen and oxygen atoms in total. The van der Waals surface area contributed by atoms with Gasteiger partial charge in [-0.05, 0) is 67.3 Å². The quantitative estimate of drug-likeness (QED) is 0.417. The van der Waals surface area contributed by atoms with Crippen LogP contribution in [-0.4, -0.2) is 38.7 Å². The molecule has 2 aromatic rings. The molecule has 3 rings (SSSR count). The minimum Gasteiger partial charge on any atom is -0.497 e. The Morgan fingerprint density at radius 3 is 2.55 bits per heavy atom. The highest BCUT2D eigenvalue weighted by Gasteiger charge is 2.14. The van der Waals surface area contributed by atoms with E-state index in [2.05, 4.69) is 10.2 Å². The van der Waals surface area contributed by atoms with Gasteiger partial charge in [0.25, 0.3) is 5.91 Å². The number of nitrogens with one attached hydrogen (secondary N) is 1. The Hall–Kier alpha value is -3.79. The maximum atomic E-state index is 12.2. The fourth-order valence-electron chi connectivity index (χ4n) is 3.35. The second kappa shape index (κ2) is 10.8. The SMILES string of the molecule is COc1cccc(/C=C(\C#N)C(=O)OCC(=O)Nc2ccc(N3CCCCC3)cc2)c1. The molecule has 0 atom stereocenters. The second-order valence-corrected chi connectivity index (χ2v) is 7.17. The summed E-state index contributed by atoms with van der Waals surface area (Å²) in [6.45, 7) is 1.61. The number of nitriles is 1. The molecular weight excluding hydrogens is 394 g/mol. The van der Waals surface area contributed by atoms with Gasteiger partial charge < -0.3 is 19.7 Å². The summed E-state index contributed by atoms with van der Waals surface area (Å²) < 4.78 is 10.1. The maximum Gasteiger partial charge on any atom is 0.349 e. The zero-order valence-electron chi connectivity index (χ0n) is 17.5. The first-order chi connectivity index (χ1) is 15.1. The number of carbonyl (C=O) groups is 2. The highest BCUT2D eigenvalue weighted by Crippen LogP contribution is 2.22. The van der Waals surface area contributed by atoms with E-state index in [9.17, 15) is 14.9 Å². The molecule has 7 heteroatoms. The summed E-state index contributed by atoms with van der Waals surface area (Å²) in [6, 6.07) is 16.3. The van der Waals surface area contributed by atoms with Gasteiger partial charge >= 0.3 is 5.97 Å². The Kier molecular flexibility index (Phi) is 7.66. The summed E-state index contributed by atoms with van der Waals surface area (Å²) in [7, 11) is 1.53. The molecule has 0 unspecified atom stereocenters. The Morgan fingerprint density at radius 2 is 1.87 bits per heavy atom. The second-order valence-electron chi connectivity index (χ2n) is 7.17. The zero-order valence-corrected chi connectivity index (χ0v) is 17.5. The minimum atomic E-state index is -0.860. The molecule has 1 saturated heterocycles. The molecule has 1 aliphatic rings. The van der Waals surface area contributed by atoms with Crippen molar-refractivity contribution in [2.45, 2.75) is 19.3 Å². The van der Waals surface area contributed by atoms with Gasteiger partial charge in [-0.25, -0.2) is 4.79 Å². The van der Waals surface area contributed by atoms with Crippen molar-refractivity contribution in [1.29, 1.82) is 5.26 Å². The number of anilines is 2. The molecule has 1 fully saturated rings. The monoisotopic (exact) mass is 419 g/mol. The molecule has 0 aromatic heterocycles. The van der Waals surface area contributed by atoms with Crippen LogP contribution in [0.4, 0.5) is 11.4 Å². The first kappa shape index (κ1) is 21.9. The minimum absolute atomic E-state index is 0.202. The van der Waals surface area contributed by atoms with Crippen molar-refractivity contribution in [3.05, 3.63) is 59.7 Å². The Balaban J connectivity index is 1.52. The number of nitrogens with zero attached hydrogens (tertiary/aromatic N) is 2. The molecule has 1 heterocycles. The standard InChI is InChI=1S/C24H25N3O4/c1-30-22-7-5-6-18(15-22)14-19(16-25)24(29)31-17-23(28)26-20-8-10-21(11-9-20)27-12-3-2-4-13-27/h5-11,14-15H,2-4,12-13,17H2,1H3,(H,26,28)/b19-14+. The molecule has 0 saturated carbocycles. The largest absolute Gasteiger partial charge is 0.497 e. The summed E-state index contributed by atoms with van der Waals surface area (Å²) >= 11 is 0. The van der Waals surface area contributed by atoms with Crippen LogP contribution in [0.2, 0.25) is 0 Å². The Labute approximate surface area is 181 Å². The van der Waals surface area contributed by atoms with Crippen molar-refractivity contribution in [3.63, 3.8) is 0 Å². The molecule has 0 spiro atoms. The van der Waals surface area contributed by atoms with Gasteiger partial charge in [-0.3, -0.25) is 4.79 Å². The van der Waals surface area contributed by atoms with Crippen LogP contribution in [-0.2, 0) is 14.3 Å². The molecular formula is C24H25N3O4. The van der Waals surface area contributed by atoms with Crippen LogP contribution in [0.1, 0.15) is 24.8 Å². The first-order valence-electron chi connectivity index (χ1n) is 10.2. The average Bonchev–Trinajstić information content (AvgIpc) is 2.82. The van der Waals surface area contributed by atoms with Crippen molar-refractivity contribution in [1.82, 2.24) is 0 Å². The van der Waals surface area contributed by atoms with E-state index in [1.54, 1.807) is 24.3 Å². The Morgan fingerprint density at radius 1 is 1.13 bits per heavy atom. The van der Waals surface area contributed by atoms with E-state index >= 15 is 0 Å². The number of hydrogen-bond acceptors (Lipinski definition) is 6. The molecule has 0 aliphatic carbocycles. The predicted molar refractivity (Wildman–Crippen MR) is 119 cm³/mol. The van der Waals surface area contributed by atoms with Gasteiger partial charge in [0.2, 0.25) is 0 Å². The number of hydrogen-bond donors (Lipinski definition) is 1. The fourth-order valence-corrected chi connectivity index (χ4v) is 3.35. The molecule has 1 aliphatic heterocycles. The topological polar surface area (TPSA) is 91.7 Å². The van der Waals surface area contributed by atoms with Crippen molar-refractivity contribution in [2.24, 2.45) is 0 Å². The summed E-state index contributed by atoms with van der Waals surface area (Å²) in [6.07, 6.45) is 5.05. The zero-order chi connectivity index (χ0) is 22.1. The smallest absolute Gasteiger partial charge is 0.349 e. The summed E-state index contributed by atoms with van der Waals surface area (Å²) in [4.78, 5) is 26.6. The highest BCUT2D eigenvalue weighted by atomic mass is 16.5. The van der Waals surface area contributed by atoms with E-state index < -0.39 is 18.5 Å². The van der Waals surface area contributed by atoms with Crippen molar-refractivity contribution in [2.75, 3.05) is 37.0 Å². The molecule has 0 bridgehead atoms. The number of rotatable bonds is 7. The van der Waals surface area contributed by atoms with Gasteiger partial charge in [0.1, 0.15) is 17.4 Å². The van der Waals surface area contributed by atoms with Crippen molar-refractivity contribution in [3.8, 4) is 11.8 Å². The van der Waals surface area contributed by atoms with Gasteiger partial charge in [-0.15, -0.1) is 0 Å². The van der Waals surface area contributed by atoms with Gasteiger partial charge in [0.05, 0.1) is 7.11 Å². The first-order valence-corrected chi connectivity index (χ1v) is 10.2. The lowest BCUT2D eigenvalue weighted by Gasteiger charge is -2.28. The Bertz CT molecular complexity index is 987. The van der Waals surface area contributed by atoms with E-state index in [1.807, 2.05) is 30.3 Å².